The maximum absolute atomic E-state index is 5.95. The van der Waals surface area contributed by atoms with Crippen LogP contribution in [0.4, 0.5) is 0 Å². The zero-order chi connectivity index (χ0) is 14.6. The van der Waals surface area contributed by atoms with E-state index in [4.69, 9.17) is 16.3 Å². The van der Waals surface area contributed by atoms with E-state index >= 15 is 0 Å². The molecule has 4 N–H and O–H groups in total. The quantitative estimate of drug-likeness (QED) is 0.853. The van der Waals surface area contributed by atoms with Crippen LogP contribution in [0.2, 0.25) is 0 Å². The Hall–Kier alpha value is -2.08. The van der Waals surface area contributed by atoms with Gasteiger partial charge in [0.2, 0.25) is 11.9 Å². The van der Waals surface area contributed by atoms with Crippen molar-refractivity contribution in [3.8, 4) is 0 Å². The molecule has 0 spiro atoms. The second kappa shape index (κ2) is 5.92. The predicted molar refractivity (Wildman–Crippen MR) is 79.6 cm³/mol. The van der Waals surface area contributed by atoms with Gasteiger partial charge in [-0.05, 0) is 18.4 Å². The Morgan fingerprint density at radius 1 is 1.15 bits per heavy atom. The molecular weight excluding hydrogens is 254 g/mol. The standard InChI is InChI=1S/C14H21N5O/c1-3-14(4-2)18-12(15)17-13(16)19(14)20-10-11-8-6-5-7-9-11/h5-9H,3-4,10H2,1-2H3,(H4,15,16,17,18). The topological polar surface area (TPSA) is 89.2 Å². The van der Waals surface area contributed by atoms with Crippen molar-refractivity contribution >= 4 is 11.9 Å². The number of guanidine groups is 2. The van der Waals surface area contributed by atoms with E-state index < -0.39 is 5.66 Å². The molecule has 0 aliphatic carbocycles. The summed E-state index contributed by atoms with van der Waals surface area (Å²) in [6.45, 7) is 4.46. The fraction of sp³-hybridized carbons (Fsp3) is 0.429. The summed E-state index contributed by atoms with van der Waals surface area (Å²) >= 11 is 0. The number of hydrogen-bond acceptors (Lipinski definition) is 6. The van der Waals surface area contributed by atoms with Crippen LogP contribution in [-0.4, -0.2) is 22.6 Å². The minimum atomic E-state index is -0.579. The average Bonchev–Trinajstić information content (AvgIpc) is 2.46. The first kappa shape index (κ1) is 14.3. The first-order valence-corrected chi connectivity index (χ1v) is 6.78. The highest BCUT2D eigenvalue weighted by Crippen LogP contribution is 2.28. The molecule has 1 aliphatic heterocycles. The van der Waals surface area contributed by atoms with Crippen molar-refractivity contribution in [3.05, 3.63) is 35.9 Å². The van der Waals surface area contributed by atoms with Crippen molar-refractivity contribution in [2.24, 2.45) is 21.5 Å². The maximum atomic E-state index is 5.95. The molecule has 0 radical (unpaired) electrons. The van der Waals surface area contributed by atoms with Gasteiger partial charge in [0.05, 0.1) is 0 Å². The van der Waals surface area contributed by atoms with Crippen molar-refractivity contribution in [1.29, 1.82) is 0 Å². The highest BCUT2D eigenvalue weighted by Gasteiger charge is 2.39. The van der Waals surface area contributed by atoms with Crippen LogP contribution in [0.15, 0.2) is 40.3 Å². The van der Waals surface area contributed by atoms with Crippen LogP contribution in [0.5, 0.6) is 0 Å². The molecule has 0 bridgehead atoms. The van der Waals surface area contributed by atoms with Crippen molar-refractivity contribution in [2.45, 2.75) is 39.0 Å². The van der Waals surface area contributed by atoms with Gasteiger partial charge in [-0.15, -0.1) is 0 Å². The molecule has 1 aliphatic rings. The molecule has 0 fully saturated rings. The SMILES string of the molecule is CCC1(CC)N=C(N)N=C(N)N1OCc1ccccc1. The average molecular weight is 275 g/mol. The van der Waals surface area contributed by atoms with Crippen molar-refractivity contribution < 1.29 is 4.84 Å². The van der Waals surface area contributed by atoms with E-state index in [2.05, 4.69) is 9.98 Å². The molecule has 1 aromatic carbocycles. The van der Waals surface area contributed by atoms with E-state index in [1.54, 1.807) is 5.06 Å². The predicted octanol–water partition coefficient (Wildman–Crippen LogP) is 1.58. The number of nitrogens with two attached hydrogens (primary N) is 2. The van der Waals surface area contributed by atoms with Crippen molar-refractivity contribution in [3.63, 3.8) is 0 Å². The van der Waals surface area contributed by atoms with E-state index in [9.17, 15) is 0 Å². The minimum absolute atomic E-state index is 0.200. The van der Waals surface area contributed by atoms with Gasteiger partial charge in [0.1, 0.15) is 6.61 Å². The second-order valence-corrected chi connectivity index (χ2v) is 4.68. The molecule has 20 heavy (non-hydrogen) atoms. The zero-order valence-electron chi connectivity index (χ0n) is 11.9. The van der Waals surface area contributed by atoms with Crippen molar-refractivity contribution in [2.75, 3.05) is 0 Å². The Kier molecular flexibility index (Phi) is 4.24. The molecule has 0 saturated carbocycles. The summed E-state index contributed by atoms with van der Waals surface area (Å²) < 4.78 is 0. The first-order valence-electron chi connectivity index (χ1n) is 6.78. The lowest BCUT2D eigenvalue weighted by atomic mass is 10.0. The van der Waals surface area contributed by atoms with Gasteiger partial charge in [0, 0.05) is 0 Å². The molecular formula is C14H21N5O. The number of nitrogens with zero attached hydrogens (tertiary/aromatic N) is 3. The van der Waals surface area contributed by atoms with Gasteiger partial charge < -0.3 is 11.5 Å². The molecule has 2 rings (SSSR count). The fourth-order valence-electron chi connectivity index (χ4n) is 2.25. The monoisotopic (exact) mass is 275 g/mol. The largest absolute Gasteiger partial charge is 0.368 e. The fourth-order valence-corrected chi connectivity index (χ4v) is 2.25. The van der Waals surface area contributed by atoms with Crippen LogP contribution in [0.1, 0.15) is 32.3 Å². The third kappa shape index (κ3) is 2.75. The third-order valence-corrected chi connectivity index (χ3v) is 3.47. The summed E-state index contributed by atoms with van der Waals surface area (Å²) in [4.78, 5) is 14.3. The van der Waals surface area contributed by atoms with E-state index in [1.807, 2.05) is 44.2 Å². The van der Waals surface area contributed by atoms with Crippen LogP contribution < -0.4 is 11.5 Å². The Bertz CT molecular complexity index is 508. The molecule has 108 valence electrons. The van der Waals surface area contributed by atoms with Gasteiger partial charge in [-0.3, -0.25) is 4.84 Å². The normalized spacial score (nSPS) is 17.6. The van der Waals surface area contributed by atoms with Crippen LogP contribution >= 0.6 is 0 Å². The molecule has 1 heterocycles. The van der Waals surface area contributed by atoms with E-state index in [0.717, 1.165) is 18.4 Å². The van der Waals surface area contributed by atoms with E-state index in [-0.39, 0.29) is 11.9 Å². The summed E-state index contributed by atoms with van der Waals surface area (Å²) in [7, 11) is 0. The van der Waals surface area contributed by atoms with Gasteiger partial charge in [-0.25, -0.2) is 4.99 Å². The van der Waals surface area contributed by atoms with Crippen LogP contribution in [-0.2, 0) is 11.4 Å². The van der Waals surface area contributed by atoms with Crippen LogP contribution in [0, 0.1) is 0 Å². The van der Waals surface area contributed by atoms with Gasteiger partial charge in [0.15, 0.2) is 5.66 Å². The molecule has 0 atom stereocenters. The molecule has 0 amide bonds. The zero-order valence-corrected chi connectivity index (χ0v) is 11.9. The Labute approximate surface area is 119 Å². The van der Waals surface area contributed by atoms with Gasteiger partial charge in [0.25, 0.3) is 0 Å². The molecule has 0 unspecified atom stereocenters. The molecule has 6 heteroatoms. The van der Waals surface area contributed by atoms with E-state index in [1.165, 1.54) is 0 Å². The second-order valence-electron chi connectivity index (χ2n) is 4.68. The Morgan fingerprint density at radius 3 is 2.40 bits per heavy atom. The van der Waals surface area contributed by atoms with Crippen LogP contribution in [0.3, 0.4) is 0 Å². The third-order valence-electron chi connectivity index (χ3n) is 3.47. The summed E-state index contributed by atoms with van der Waals surface area (Å²) in [6.07, 6.45) is 1.46. The lowest BCUT2D eigenvalue weighted by Crippen LogP contribution is -2.56. The molecule has 6 nitrogen and oxygen atoms in total. The summed E-state index contributed by atoms with van der Waals surface area (Å²) in [5, 5.41) is 1.58. The van der Waals surface area contributed by atoms with E-state index in [0.29, 0.717) is 6.61 Å². The summed E-state index contributed by atoms with van der Waals surface area (Å²) in [6, 6.07) is 9.89. The number of aliphatic imine (C=N–C) groups is 2. The van der Waals surface area contributed by atoms with Gasteiger partial charge in [-0.2, -0.15) is 10.1 Å². The number of hydroxylamine groups is 2. The molecule has 0 aromatic heterocycles. The smallest absolute Gasteiger partial charge is 0.226 e. The lowest BCUT2D eigenvalue weighted by Gasteiger charge is -2.40. The minimum Gasteiger partial charge on any atom is -0.368 e. The highest BCUT2D eigenvalue weighted by atomic mass is 16.7. The maximum Gasteiger partial charge on any atom is 0.226 e. The number of hydrogen-bond donors (Lipinski definition) is 2. The van der Waals surface area contributed by atoms with Crippen molar-refractivity contribution in [1.82, 2.24) is 5.06 Å². The lowest BCUT2D eigenvalue weighted by molar-refractivity contribution is -0.179. The molecule has 0 saturated heterocycles. The van der Waals surface area contributed by atoms with Gasteiger partial charge in [-0.1, -0.05) is 44.2 Å². The van der Waals surface area contributed by atoms with Crippen LogP contribution in [0.25, 0.3) is 0 Å². The summed E-state index contributed by atoms with van der Waals surface area (Å²) in [5.74, 6) is 0.447. The first-order chi connectivity index (χ1) is 9.61. The van der Waals surface area contributed by atoms with Gasteiger partial charge >= 0.3 is 0 Å². The highest BCUT2D eigenvalue weighted by molar-refractivity contribution is 5.95. The number of benzene rings is 1. The Balaban J connectivity index is 2.17. The molecule has 1 aromatic rings. The summed E-state index contributed by atoms with van der Waals surface area (Å²) in [5.41, 5.74) is 12.2. The number of rotatable bonds is 5. The Morgan fingerprint density at radius 2 is 1.80 bits per heavy atom.